The summed E-state index contributed by atoms with van der Waals surface area (Å²) in [4.78, 5) is 6.10. The Hall–Kier alpha value is -3.42. The molecule has 0 amide bonds. The summed E-state index contributed by atoms with van der Waals surface area (Å²) in [5.74, 6) is -4.82. The van der Waals surface area contributed by atoms with Crippen molar-refractivity contribution < 1.29 is 27.1 Å². The second kappa shape index (κ2) is 6.29. The van der Waals surface area contributed by atoms with Gasteiger partial charge in [0.25, 0.3) is 0 Å². The summed E-state index contributed by atoms with van der Waals surface area (Å²) < 4.78 is 68.9. The van der Waals surface area contributed by atoms with Crippen molar-refractivity contribution in [3.05, 3.63) is 35.5 Å². The van der Waals surface area contributed by atoms with Gasteiger partial charge in [-0.2, -0.15) is 23.5 Å². The van der Waals surface area contributed by atoms with Crippen LogP contribution in [0.4, 0.5) is 27.8 Å². The van der Waals surface area contributed by atoms with Crippen LogP contribution >= 0.6 is 0 Å². The van der Waals surface area contributed by atoms with Crippen LogP contribution in [0, 0.1) is 28.4 Å². The fourth-order valence-corrected chi connectivity index (χ4v) is 3.54. The van der Waals surface area contributed by atoms with Crippen LogP contribution in [-0.2, 0) is 13.2 Å². The number of phenolic OH excluding ortho intramolecular Hbond substituents is 1. The summed E-state index contributed by atoms with van der Waals surface area (Å²) in [5.41, 5.74) is -2.75. The molecule has 0 bridgehead atoms. The highest BCUT2D eigenvalue weighted by molar-refractivity contribution is 5.94. The number of nitrogens with zero attached hydrogens (tertiary/aromatic N) is 5. The average Bonchev–Trinajstić information content (AvgIpc) is 2.98. The second-order valence-corrected chi connectivity index (χ2v) is 7.51. The van der Waals surface area contributed by atoms with Gasteiger partial charge in [-0.1, -0.05) is 0 Å². The summed E-state index contributed by atoms with van der Waals surface area (Å²) in [6, 6.07) is 4.12. The second-order valence-electron chi connectivity index (χ2n) is 7.51. The Morgan fingerprint density at radius 3 is 2.47 bits per heavy atom. The lowest BCUT2D eigenvalue weighted by Crippen LogP contribution is -2.54. The maximum absolute atomic E-state index is 14.5. The molecule has 1 aromatic carbocycles. The predicted molar refractivity (Wildman–Crippen MR) is 96.5 cm³/mol. The van der Waals surface area contributed by atoms with E-state index in [1.54, 1.807) is 6.07 Å². The molecule has 3 aromatic rings. The van der Waals surface area contributed by atoms with Gasteiger partial charge in [-0.25, -0.2) is 13.8 Å². The third-order valence-electron chi connectivity index (χ3n) is 5.13. The molecule has 0 unspecified atom stereocenters. The van der Waals surface area contributed by atoms with Gasteiger partial charge in [-0.3, -0.25) is 4.68 Å². The predicted octanol–water partition coefficient (Wildman–Crippen LogP) is 3.99. The van der Waals surface area contributed by atoms with E-state index < -0.39 is 40.1 Å². The molecule has 1 fully saturated rings. The normalized spacial score (nSPS) is 15.9. The minimum absolute atomic E-state index is 0.213. The van der Waals surface area contributed by atoms with E-state index in [2.05, 4.69) is 16.2 Å². The van der Waals surface area contributed by atoms with Crippen molar-refractivity contribution in [1.82, 2.24) is 14.8 Å². The molecule has 0 atom stereocenters. The number of aromatic hydroxyl groups is 1. The molecule has 1 saturated heterocycles. The van der Waals surface area contributed by atoms with Gasteiger partial charge in [-0.15, -0.1) is 0 Å². The van der Waals surface area contributed by atoms with Crippen molar-refractivity contribution in [2.24, 2.45) is 12.5 Å². The fourth-order valence-electron chi connectivity index (χ4n) is 3.54. The van der Waals surface area contributed by atoms with Crippen LogP contribution in [-0.4, -0.2) is 33.0 Å². The van der Waals surface area contributed by atoms with Crippen molar-refractivity contribution >= 4 is 16.7 Å². The van der Waals surface area contributed by atoms with Crippen molar-refractivity contribution in [3.8, 4) is 23.1 Å². The first-order chi connectivity index (χ1) is 13.9. The third kappa shape index (κ3) is 2.91. The minimum atomic E-state index is -5.13. The standard InChI is InChI=1S/C19H14F5N5O/c1-18(6-25)7-29(8-18)13-4-12-10(5-26-13)16(27-28(12)2)9-3-11(19(22,23)24)15(21)17(30)14(9)20/h3-5,30H,7-8H2,1-2H3. The van der Waals surface area contributed by atoms with Gasteiger partial charge in [0.15, 0.2) is 17.4 Å². The summed E-state index contributed by atoms with van der Waals surface area (Å²) in [7, 11) is 1.51. The van der Waals surface area contributed by atoms with Crippen LogP contribution in [0.1, 0.15) is 12.5 Å². The maximum Gasteiger partial charge on any atom is 0.419 e. The van der Waals surface area contributed by atoms with Crippen LogP contribution in [0.2, 0.25) is 0 Å². The molecular weight excluding hydrogens is 409 g/mol. The largest absolute Gasteiger partial charge is 0.503 e. The van der Waals surface area contributed by atoms with Crippen LogP contribution in [0.5, 0.6) is 5.75 Å². The number of nitriles is 1. The lowest BCUT2D eigenvalue weighted by molar-refractivity contribution is -0.140. The quantitative estimate of drug-likeness (QED) is 0.631. The Bertz CT molecular complexity index is 1220. The van der Waals surface area contributed by atoms with Crippen molar-refractivity contribution in [3.63, 3.8) is 0 Å². The van der Waals surface area contributed by atoms with Gasteiger partial charge in [0, 0.05) is 43.4 Å². The first kappa shape index (κ1) is 19.9. The molecule has 4 rings (SSSR count). The van der Waals surface area contributed by atoms with Gasteiger partial charge >= 0.3 is 6.18 Å². The fraction of sp³-hybridized carbons (Fsp3) is 0.316. The first-order valence-corrected chi connectivity index (χ1v) is 8.72. The summed E-state index contributed by atoms with van der Waals surface area (Å²) in [6.45, 7) is 2.73. The Labute approximate surface area is 166 Å². The zero-order chi connectivity index (χ0) is 22.0. The number of hydrogen-bond donors (Lipinski definition) is 1. The summed E-state index contributed by atoms with van der Waals surface area (Å²) in [5, 5.41) is 23.0. The molecule has 11 heteroatoms. The van der Waals surface area contributed by atoms with E-state index in [-0.39, 0.29) is 17.1 Å². The SMILES string of the molecule is Cn1nc(-c2cc(C(F)(F)F)c(F)c(O)c2F)c2cnc(N3CC(C)(C#N)C3)cc21. The lowest BCUT2D eigenvalue weighted by Gasteiger charge is -2.44. The highest BCUT2D eigenvalue weighted by Gasteiger charge is 2.40. The molecule has 0 spiro atoms. The number of aryl methyl sites for hydroxylation is 1. The van der Waals surface area contributed by atoms with Gasteiger partial charge in [0.05, 0.1) is 22.6 Å². The smallest absolute Gasteiger partial charge is 0.419 e. The Balaban J connectivity index is 1.84. The van der Waals surface area contributed by atoms with E-state index in [4.69, 9.17) is 5.26 Å². The highest BCUT2D eigenvalue weighted by Crippen LogP contribution is 2.42. The van der Waals surface area contributed by atoms with Crippen LogP contribution in [0.3, 0.4) is 0 Å². The highest BCUT2D eigenvalue weighted by atomic mass is 19.4. The average molecular weight is 423 g/mol. The third-order valence-corrected chi connectivity index (χ3v) is 5.13. The Morgan fingerprint density at radius 2 is 1.87 bits per heavy atom. The summed E-state index contributed by atoms with van der Waals surface area (Å²) >= 11 is 0. The number of anilines is 1. The Kier molecular flexibility index (Phi) is 4.17. The van der Waals surface area contributed by atoms with E-state index in [0.29, 0.717) is 24.4 Å². The van der Waals surface area contributed by atoms with Gasteiger partial charge in [0.1, 0.15) is 11.5 Å². The number of alkyl halides is 3. The maximum atomic E-state index is 14.5. The number of pyridine rings is 1. The number of rotatable bonds is 2. The molecule has 1 aliphatic rings. The molecular formula is C19H14F5N5O. The molecule has 2 aromatic heterocycles. The zero-order valence-electron chi connectivity index (χ0n) is 15.7. The van der Waals surface area contributed by atoms with Gasteiger partial charge in [-0.05, 0) is 13.0 Å². The van der Waals surface area contributed by atoms with Crippen LogP contribution in [0.15, 0.2) is 18.3 Å². The lowest BCUT2D eigenvalue weighted by atomic mass is 9.84. The molecule has 0 saturated carbocycles. The van der Waals surface area contributed by atoms with E-state index in [0.717, 1.165) is 0 Å². The minimum Gasteiger partial charge on any atom is -0.503 e. The number of hydrogen-bond acceptors (Lipinski definition) is 5. The monoisotopic (exact) mass is 423 g/mol. The van der Waals surface area contributed by atoms with E-state index in [1.807, 2.05) is 11.8 Å². The number of aromatic nitrogens is 3. The topological polar surface area (TPSA) is 78.0 Å². The molecule has 0 aliphatic carbocycles. The molecule has 30 heavy (non-hydrogen) atoms. The molecule has 1 aliphatic heterocycles. The van der Waals surface area contributed by atoms with Crippen molar-refractivity contribution in [1.29, 1.82) is 5.26 Å². The molecule has 6 nitrogen and oxygen atoms in total. The Morgan fingerprint density at radius 1 is 1.20 bits per heavy atom. The number of halogens is 5. The number of phenols is 1. The van der Waals surface area contributed by atoms with Gasteiger partial charge < -0.3 is 10.0 Å². The van der Waals surface area contributed by atoms with E-state index >= 15 is 0 Å². The zero-order valence-corrected chi connectivity index (χ0v) is 15.7. The molecule has 156 valence electrons. The number of benzene rings is 1. The summed E-state index contributed by atoms with van der Waals surface area (Å²) in [6.07, 6.45) is -3.81. The molecule has 1 N–H and O–H groups in total. The van der Waals surface area contributed by atoms with E-state index in [9.17, 15) is 27.1 Å². The van der Waals surface area contributed by atoms with Crippen LogP contribution < -0.4 is 4.90 Å². The van der Waals surface area contributed by atoms with Crippen molar-refractivity contribution in [2.45, 2.75) is 13.1 Å². The number of fused-ring (bicyclic) bond motifs is 1. The van der Waals surface area contributed by atoms with Gasteiger partial charge in [0.2, 0.25) is 0 Å². The van der Waals surface area contributed by atoms with Crippen molar-refractivity contribution in [2.75, 3.05) is 18.0 Å². The van der Waals surface area contributed by atoms with E-state index in [1.165, 1.54) is 17.9 Å². The van der Waals surface area contributed by atoms with Crippen LogP contribution in [0.25, 0.3) is 22.2 Å². The molecule has 0 radical (unpaired) electrons. The first-order valence-electron chi connectivity index (χ1n) is 8.72. The molecule has 3 heterocycles.